The number of piperazine rings is 1. The van der Waals surface area contributed by atoms with E-state index >= 15 is 0 Å². The molecule has 27 heavy (non-hydrogen) atoms. The molecule has 1 aliphatic heterocycles. The van der Waals surface area contributed by atoms with Gasteiger partial charge in [0.05, 0.1) is 5.25 Å². The molecule has 1 aliphatic rings. The maximum absolute atomic E-state index is 12.8. The first-order chi connectivity index (χ1) is 13.1. The molecule has 0 bridgehead atoms. The Labute approximate surface area is 163 Å². The van der Waals surface area contributed by atoms with E-state index in [4.69, 9.17) is 0 Å². The molecule has 0 saturated carbocycles. The molecule has 1 unspecified atom stereocenters. The molecule has 1 fully saturated rings. The minimum absolute atomic E-state index is 0.102. The van der Waals surface area contributed by atoms with E-state index < -0.39 is 0 Å². The van der Waals surface area contributed by atoms with E-state index in [-0.39, 0.29) is 16.8 Å². The molecule has 1 amide bonds. The Morgan fingerprint density at radius 2 is 1.93 bits per heavy atom. The fourth-order valence-corrected chi connectivity index (χ4v) is 4.16. The first kappa shape index (κ1) is 19.5. The van der Waals surface area contributed by atoms with Crippen LogP contribution in [0.1, 0.15) is 26.7 Å². The lowest BCUT2D eigenvalue weighted by molar-refractivity contribution is -0.130. The van der Waals surface area contributed by atoms with Crippen molar-refractivity contribution in [2.45, 2.75) is 43.6 Å². The molecular weight excluding hydrogens is 362 g/mol. The van der Waals surface area contributed by atoms with Crippen molar-refractivity contribution in [3.8, 4) is 0 Å². The first-order valence-corrected chi connectivity index (χ1v) is 10.4. The second kappa shape index (κ2) is 9.12. The van der Waals surface area contributed by atoms with E-state index in [1.54, 1.807) is 4.57 Å². The number of aromatic nitrogens is 3. The van der Waals surface area contributed by atoms with Gasteiger partial charge in [0.2, 0.25) is 5.91 Å². The normalized spacial score (nSPS) is 15.8. The van der Waals surface area contributed by atoms with Crippen molar-refractivity contribution in [2.24, 2.45) is 0 Å². The van der Waals surface area contributed by atoms with Crippen molar-refractivity contribution >= 4 is 23.4 Å². The lowest BCUT2D eigenvalue weighted by atomic mass is 10.2. The summed E-state index contributed by atoms with van der Waals surface area (Å²) in [4.78, 5) is 29.0. The zero-order valence-electron chi connectivity index (χ0n) is 15.9. The van der Waals surface area contributed by atoms with Gasteiger partial charge in [-0.1, -0.05) is 43.3 Å². The van der Waals surface area contributed by atoms with Crippen molar-refractivity contribution in [1.82, 2.24) is 19.7 Å². The summed E-state index contributed by atoms with van der Waals surface area (Å²) in [6.45, 7) is 7.68. The number of aromatic amines is 1. The maximum atomic E-state index is 12.8. The third-order valence-electron chi connectivity index (χ3n) is 4.80. The molecule has 1 saturated heterocycles. The number of para-hydroxylation sites is 1. The van der Waals surface area contributed by atoms with Gasteiger partial charge in [-0.05, 0) is 25.5 Å². The number of unbranched alkanes of at least 4 members (excludes halogenated alkanes) is 1. The van der Waals surface area contributed by atoms with Gasteiger partial charge in [0, 0.05) is 38.4 Å². The zero-order valence-corrected chi connectivity index (χ0v) is 16.7. The van der Waals surface area contributed by atoms with Gasteiger partial charge in [0.15, 0.2) is 5.16 Å². The number of hydrogen-bond acceptors (Lipinski definition) is 5. The van der Waals surface area contributed by atoms with Crippen LogP contribution in [0.4, 0.5) is 5.69 Å². The smallest absolute Gasteiger partial charge is 0.343 e. The Kier molecular flexibility index (Phi) is 6.60. The van der Waals surface area contributed by atoms with E-state index in [2.05, 4.69) is 34.2 Å². The van der Waals surface area contributed by atoms with Gasteiger partial charge in [-0.2, -0.15) is 0 Å². The summed E-state index contributed by atoms with van der Waals surface area (Å²) in [7, 11) is 0. The molecule has 7 nitrogen and oxygen atoms in total. The lowest BCUT2D eigenvalue weighted by Crippen LogP contribution is -2.50. The molecular formula is C19H27N5O2S. The second-order valence-corrected chi connectivity index (χ2v) is 8.03. The second-order valence-electron chi connectivity index (χ2n) is 6.72. The highest BCUT2D eigenvalue weighted by atomic mass is 32.2. The molecule has 0 spiro atoms. The van der Waals surface area contributed by atoms with Crippen LogP contribution < -0.4 is 10.6 Å². The van der Waals surface area contributed by atoms with Gasteiger partial charge in [-0.25, -0.2) is 9.89 Å². The average molecular weight is 390 g/mol. The minimum Gasteiger partial charge on any atom is -0.368 e. The Bertz CT molecular complexity index is 796. The Morgan fingerprint density at radius 1 is 1.22 bits per heavy atom. The third-order valence-corrected chi connectivity index (χ3v) is 5.88. The van der Waals surface area contributed by atoms with Crippen molar-refractivity contribution < 1.29 is 4.79 Å². The van der Waals surface area contributed by atoms with Gasteiger partial charge >= 0.3 is 5.69 Å². The number of benzene rings is 1. The summed E-state index contributed by atoms with van der Waals surface area (Å²) in [5.41, 5.74) is 0.991. The number of anilines is 1. The molecule has 1 aromatic carbocycles. The highest BCUT2D eigenvalue weighted by Crippen LogP contribution is 2.23. The third kappa shape index (κ3) is 4.74. The maximum Gasteiger partial charge on any atom is 0.343 e. The molecule has 0 radical (unpaired) electrons. The molecule has 146 valence electrons. The van der Waals surface area contributed by atoms with Crippen LogP contribution in [0, 0.1) is 0 Å². The van der Waals surface area contributed by atoms with Crippen LogP contribution >= 0.6 is 11.8 Å². The van der Waals surface area contributed by atoms with Crippen molar-refractivity contribution in [2.75, 3.05) is 31.1 Å². The number of nitrogens with one attached hydrogen (secondary N) is 1. The van der Waals surface area contributed by atoms with E-state index in [1.807, 2.05) is 30.0 Å². The number of thioether (sulfide) groups is 1. The number of amides is 1. The molecule has 1 N–H and O–H groups in total. The van der Waals surface area contributed by atoms with Crippen LogP contribution in [-0.4, -0.2) is 57.0 Å². The Balaban J connectivity index is 1.56. The predicted molar refractivity (Wildman–Crippen MR) is 108 cm³/mol. The average Bonchev–Trinajstić information content (AvgIpc) is 3.05. The quantitative estimate of drug-likeness (QED) is 0.735. The van der Waals surface area contributed by atoms with Gasteiger partial charge in [0.25, 0.3) is 0 Å². The van der Waals surface area contributed by atoms with Crippen LogP contribution in [0.3, 0.4) is 0 Å². The van der Waals surface area contributed by atoms with Gasteiger partial charge in [-0.3, -0.25) is 9.36 Å². The molecule has 3 rings (SSSR count). The fourth-order valence-electron chi connectivity index (χ4n) is 3.20. The summed E-state index contributed by atoms with van der Waals surface area (Å²) in [5.74, 6) is 0.102. The summed E-state index contributed by atoms with van der Waals surface area (Å²) in [5, 5.41) is 6.92. The summed E-state index contributed by atoms with van der Waals surface area (Å²) < 4.78 is 1.63. The lowest BCUT2D eigenvalue weighted by Gasteiger charge is -2.37. The van der Waals surface area contributed by atoms with E-state index in [9.17, 15) is 9.59 Å². The zero-order chi connectivity index (χ0) is 19.2. The Morgan fingerprint density at radius 3 is 2.59 bits per heavy atom. The summed E-state index contributed by atoms with van der Waals surface area (Å²) in [6.07, 6.45) is 1.92. The summed E-state index contributed by atoms with van der Waals surface area (Å²) >= 11 is 1.36. The largest absolute Gasteiger partial charge is 0.368 e. The number of carbonyl (C=O) groups excluding carboxylic acids is 1. The van der Waals surface area contributed by atoms with Crippen molar-refractivity contribution in [1.29, 1.82) is 0 Å². The van der Waals surface area contributed by atoms with Crippen LogP contribution in [0.15, 0.2) is 40.3 Å². The van der Waals surface area contributed by atoms with Crippen LogP contribution in [-0.2, 0) is 11.3 Å². The summed E-state index contributed by atoms with van der Waals surface area (Å²) in [6, 6.07) is 10.3. The number of H-pyrrole nitrogens is 1. The van der Waals surface area contributed by atoms with Crippen LogP contribution in [0.25, 0.3) is 0 Å². The van der Waals surface area contributed by atoms with Gasteiger partial charge in [-0.15, -0.1) is 5.10 Å². The molecule has 2 heterocycles. The monoisotopic (exact) mass is 389 g/mol. The van der Waals surface area contributed by atoms with E-state index in [0.29, 0.717) is 24.8 Å². The highest BCUT2D eigenvalue weighted by Gasteiger charge is 2.27. The van der Waals surface area contributed by atoms with Crippen molar-refractivity contribution in [3.05, 3.63) is 40.8 Å². The number of hydrogen-bond donors (Lipinski definition) is 1. The number of carbonyl (C=O) groups is 1. The standard InChI is InChI=1S/C19H27N5O2S/c1-3-4-10-24-18(26)20-21-19(24)27-15(2)17(25)23-13-11-22(12-14-23)16-8-6-5-7-9-16/h5-9,15H,3-4,10-14H2,1-2H3,(H,20,26). The fraction of sp³-hybridized carbons (Fsp3) is 0.526. The predicted octanol–water partition coefficient (Wildman–Crippen LogP) is 2.20. The van der Waals surface area contributed by atoms with Crippen LogP contribution in [0.2, 0.25) is 0 Å². The number of nitrogens with zero attached hydrogens (tertiary/aromatic N) is 4. The SMILES string of the molecule is CCCCn1c(SC(C)C(=O)N2CCN(c3ccccc3)CC2)n[nH]c1=O. The topological polar surface area (TPSA) is 74.2 Å². The van der Waals surface area contributed by atoms with Crippen LogP contribution in [0.5, 0.6) is 0 Å². The highest BCUT2D eigenvalue weighted by molar-refractivity contribution is 8.00. The van der Waals surface area contributed by atoms with E-state index in [0.717, 1.165) is 25.9 Å². The molecule has 1 aromatic heterocycles. The minimum atomic E-state index is -0.274. The Hall–Kier alpha value is -2.22. The number of rotatable bonds is 7. The first-order valence-electron chi connectivity index (χ1n) is 9.50. The molecule has 0 aliphatic carbocycles. The van der Waals surface area contributed by atoms with E-state index in [1.165, 1.54) is 17.4 Å². The van der Waals surface area contributed by atoms with Gasteiger partial charge < -0.3 is 9.80 Å². The molecule has 8 heteroatoms. The molecule has 1 atom stereocenters. The van der Waals surface area contributed by atoms with Crippen molar-refractivity contribution in [3.63, 3.8) is 0 Å². The molecule has 2 aromatic rings. The van der Waals surface area contributed by atoms with Gasteiger partial charge in [0.1, 0.15) is 0 Å².